The molecule has 0 atom stereocenters. The summed E-state index contributed by atoms with van der Waals surface area (Å²) in [5.74, 6) is -0.0853. The number of hydrogen-bond donors (Lipinski definition) is 2. The highest BCUT2D eigenvalue weighted by Crippen LogP contribution is 2.11. The first kappa shape index (κ1) is 20.2. The van der Waals surface area contributed by atoms with Crippen molar-refractivity contribution in [3.63, 3.8) is 0 Å². The number of nitrogens with two attached hydrogens (primary N) is 1. The predicted molar refractivity (Wildman–Crippen MR) is 99.1 cm³/mol. The molecule has 4 nitrogen and oxygen atoms in total. The van der Waals surface area contributed by atoms with Crippen LogP contribution >= 0.6 is 12.4 Å². The average Bonchev–Trinajstić information content (AvgIpc) is 2.61. The van der Waals surface area contributed by atoms with Gasteiger partial charge in [-0.15, -0.1) is 12.4 Å². The maximum Gasteiger partial charge on any atom is 0.251 e. The summed E-state index contributed by atoms with van der Waals surface area (Å²) in [6.07, 6.45) is 0.998. The van der Waals surface area contributed by atoms with Crippen molar-refractivity contribution >= 4 is 18.3 Å². The van der Waals surface area contributed by atoms with Gasteiger partial charge in [-0.05, 0) is 35.2 Å². The molecule has 0 saturated carbocycles. The lowest BCUT2D eigenvalue weighted by Crippen LogP contribution is -2.23. The molecule has 0 radical (unpaired) electrons. The van der Waals surface area contributed by atoms with E-state index < -0.39 is 0 Å². The van der Waals surface area contributed by atoms with Crippen LogP contribution in [-0.4, -0.2) is 12.5 Å². The lowest BCUT2D eigenvalue weighted by Gasteiger charge is -2.11. The number of nitrogens with one attached hydrogen (secondary N) is 1. The minimum absolute atomic E-state index is 0. The molecule has 0 heterocycles. The number of rotatable bonds is 8. The molecule has 1 amide bonds. The van der Waals surface area contributed by atoms with E-state index in [9.17, 15) is 4.79 Å². The van der Waals surface area contributed by atoms with Gasteiger partial charge in [0, 0.05) is 25.3 Å². The third-order valence-corrected chi connectivity index (χ3v) is 3.62. The molecule has 0 saturated heterocycles. The molecule has 2 aromatic carbocycles. The second kappa shape index (κ2) is 10.8. The Labute approximate surface area is 149 Å². The standard InChI is InChI=1S/C19H24N2O2.ClH/c1-2-11-23-14-18-6-4-3-5-17(18)13-21-19(22)16-9-7-15(12-20)8-10-16;/h3-10H,2,11-14,20H2,1H3,(H,21,22);1H. The molecule has 0 aliphatic rings. The topological polar surface area (TPSA) is 64.3 Å². The van der Waals surface area contributed by atoms with Gasteiger partial charge in [0.1, 0.15) is 0 Å². The quantitative estimate of drug-likeness (QED) is 0.718. The summed E-state index contributed by atoms with van der Waals surface area (Å²) >= 11 is 0. The first-order chi connectivity index (χ1) is 11.2. The molecule has 0 fully saturated rings. The molecule has 0 spiro atoms. The number of halogens is 1. The van der Waals surface area contributed by atoms with E-state index in [0.717, 1.165) is 29.7 Å². The van der Waals surface area contributed by atoms with Crippen molar-refractivity contribution in [2.24, 2.45) is 5.73 Å². The van der Waals surface area contributed by atoms with Gasteiger partial charge in [0.15, 0.2) is 0 Å². The van der Waals surface area contributed by atoms with Crippen LogP contribution in [0.3, 0.4) is 0 Å². The summed E-state index contributed by atoms with van der Waals surface area (Å²) in [6, 6.07) is 15.4. The van der Waals surface area contributed by atoms with Crippen molar-refractivity contribution in [2.75, 3.05) is 6.61 Å². The average molecular weight is 349 g/mol. The highest BCUT2D eigenvalue weighted by molar-refractivity contribution is 5.94. The highest BCUT2D eigenvalue weighted by atomic mass is 35.5. The summed E-state index contributed by atoms with van der Waals surface area (Å²) in [7, 11) is 0. The van der Waals surface area contributed by atoms with E-state index in [1.807, 2.05) is 36.4 Å². The first-order valence-electron chi connectivity index (χ1n) is 7.96. The molecule has 0 aliphatic heterocycles. The van der Waals surface area contributed by atoms with Crippen LogP contribution in [0.4, 0.5) is 0 Å². The number of carbonyl (C=O) groups excluding carboxylic acids is 1. The van der Waals surface area contributed by atoms with Gasteiger partial charge in [-0.1, -0.05) is 43.3 Å². The van der Waals surface area contributed by atoms with Crippen LogP contribution in [0.2, 0.25) is 0 Å². The summed E-state index contributed by atoms with van der Waals surface area (Å²) in [4.78, 5) is 12.2. The molecule has 5 heteroatoms. The Morgan fingerprint density at radius 3 is 2.38 bits per heavy atom. The molecule has 3 N–H and O–H groups in total. The zero-order valence-corrected chi connectivity index (χ0v) is 14.8. The predicted octanol–water partition coefficient (Wildman–Crippen LogP) is 3.42. The minimum atomic E-state index is -0.0853. The van der Waals surface area contributed by atoms with Gasteiger partial charge < -0.3 is 15.8 Å². The van der Waals surface area contributed by atoms with Crippen LogP contribution in [0.1, 0.15) is 40.4 Å². The minimum Gasteiger partial charge on any atom is -0.377 e. The van der Waals surface area contributed by atoms with Crippen molar-refractivity contribution in [3.05, 3.63) is 70.8 Å². The van der Waals surface area contributed by atoms with E-state index in [1.54, 1.807) is 12.1 Å². The second-order valence-electron chi connectivity index (χ2n) is 5.41. The van der Waals surface area contributed by atoms with Gasteiger partial charge in [-0.25, -0.2) is 0 Å². The van der Waals surface area contributed by atoms with Crippen LogP contribution in [0.5, 0.6) is 0 Å². The van der Waals surface area contributed by atoms with E-state index in [1.165, 1.54) is 0 Å². The van der Waals surface area contributed by atoms with Crippen molar-refractivity contribution in [3.8, 4) is 0 Å². The molecule has 0 bridgehead atoms. The van der Waals surface area contributed by atoms with Gasteiger partial charge in [-0.3, -0.25) is 4.79 Å². The summed E-state index contributed by atoms with van der Waals surface area (Å²) in [6.45, 7) is 4.37. The SMILES string of the molecule is CCCOCc1ccccc1CNC(=O)c1ccc(CN)cc1.Cl. The Morgan fingerprint density at radius 1 is 1.08 bits per heavy atom. The molecule has 130 valence electrons. The summed E-state index contributed by atoms with van der Waals surface area (Å²) in [5, 5.41) is 2.96. The summed E-state index contributed by atoms with van der Waals surface area (Å²) < 4.78 is 5.60. The molecule has 2 aromatic rings. The van der Waals surface area contributed by atoms with Crippen molar-refractivity contribution in [1.82, 2.24) is 5.32 Å². The van der Waals surface area contributed by atoms with Crippen molar-refractivity contribution in [2.45, 2.75) is 33.0 Å². The normalized spacial score (nSPS) is 10.1. The largest absolute Gasteiger partial charge is 0.377 e. The fourth-order valence-corrected chi connectivity index (χ4v) is 2.27. The highest BCUT2D eigenvalue weighted by Gasteiger charge is 2.07. The Kier molecular flexibility index (Phi) is 9.08. The Bertz CT molecular complexity index is 630. The number of amides is 1. The van der Waals surface area contributed by atoms with Gasteiger partial charge in [0.25, 0.3) is 5.91 Å². The van der Waals surface area contributed by atoms with Crippen LogP contribution in [0, 0.1) is 0 Å². The van der Waals surface area contributed by atoms with Crippen molar-refractivity contribution in [1.29, 1.82) is 0 Å². The molecule has 0 aliphatic carbocycles. The third-order valence-electron chi connectivity index (χ3n) is 3.62. The smallest absolute Gasteiger partial charge is 0.251 e. The maximum absolute atomic E-state index is 12.2. The molecular formula is C19H25ClN2O2. The van der Waals surface area contributed by atoms with Crippen molar-refractivity contribution < 1.29 is 9.53 Å². The number of ether oxygens (including phenoxy) is 1. The monoisotopic (exact) mass is 348 g/mol. The van der Waals surface area contributed by atoms with Gasteiger partial charge in [0.2, 0.25) is 0 Å². The Hall–Kier alpha value is -1.88. The molecule has 0 aromatic heterocycles. The van der Waals surface area contributed by atoms with Gasteiger partial charge in [-0.2, -0.15) is 0 Å². The number of benzene rings is 2. The van der Waals surface area contributed by atoms with Crippen LogP contribution in [0.15, 0.2) is 48.5 Å². The van der Waals surface area contributed by atoms with Gasteiger partial charge in [0.05, 0.1) is 6.61 Å². The molecule has 2 rings (SSSR count). The van der Waals surface area contributed by atoms with Crippen LogP contribution in [-0.2, 0) is 24.4 Å². The zero-order chi connectivity index (χ0) is 16.5. The lowest BCUT2D eigenvalue weighted by atomic mass is 10.1. The zero-order valence-electron chi connectivity index (χ0n) is 14.0. The van der Waals surface area contributed by atoms with E-state index in [4.69, 9.17) is 10.5 Å². The number of carbonyl (C=O) groups is 1. The fourth-order valence-electron chi connectivity index (χ4n) is 2.27. The molecule has 0 unspecified atom stereocenters. The van der Waals surface area contributed by atoms with Crippen LogP contribution in [0.25, 0.3) is 0 Å². The third kappa shape index (κ3) is 5.96. The lowest BCUT2D eigenvalue weighted by molar-refractivity contribution is 0.0949. The fraction of sp³-hybridized carbons (Fsp3) is 0.316. The Morgan fingerprint density at radius 2 is 1.75 bits per heavy atom. The maximum atomic E-state index is 12.2. The van der Waals surface area contributed by atoms with E-state index in [0.29, 0.717) is 25.3 Å². The first-order valence-corrected chi connectivity index (χ1v) is 7.96. The molecule has 24 heavy (non-hydrogen) atoms. The van der Waals surface area contributed by atoms with Crippen LogP contribution < -0.4 is 11.1 Å². The van der Waals surface area contributed by atoms with E-state index in [2.05, 4.69) is 12.2 Å². The Balaban J connectivity index is 0.00000288. The second-order valence-corrected chi connectivity index (χ2v) is 5.41. The molecular weight excluding hydrogens is 324 g/mol. The van der Waals surface area contributed by atoms with E-state index in [-0.39, 0.29) is 18.3 Å². The van der Waals surface area contributed by atoms with Gasteiger partial charge >= 0.3 is 0 Å². The summed E-state index contributed by atoms with van der Waals surface area (Å²) in [5.41, 5.74) is 9.41. The number of hydrogen-bond acceptors (Lipinski definition) is 3. The van der Waals surface area contributed by atoms with E-state index >= 15 is 0 Å².